The number of aromatic nitrogens is 4. The molecule has 3 aromatic rings. The second-order valence-corrected chi connectivity index (χ2v) is 6.12. The molecule has 0 spiro atoms. The zero-order valence-electron chi connectivity index (χ0n) is 14.2. The smallest absolute Gasteiger partial charge is 0.123 e. The van der Waals surface area contributed by atoms with Gasteiger partial charge in [-0.15, -0.1) is 0 Å². The van der Waals surface area contributed by atoms with Gasteiger partial charge in [-0.1, -0.05) is 30.3 Å². The molecule has 0 saturated carbocycles. The van der Waals surface area contributed by atoms with Crippen molar-refractivity contribution in [1.82, 2.24) is 24.4 Å². The molecular formula is C19H23N5. The molecule has 24 heavy (non-hydrogen) atoms. The van der Waals surface area contributed by atoms with E-state index in [1.807, 2.05) is 24.7 Å². The van der Waals surface area contributed by atoms with Crippen LogP contribution in [0.5, 0.6) is 0 Å². The Morgan fingerprint density at radius 2 is 1.92 bits per heavy atom. The Morgan fingerprint density at radius 3 is 2.67 bits per heavy atom. The Balaban J connectivity index is 1.62. The quantitative estimate of drug-likeness (QED) is 0.671. The zero-order chi connectivity index (χ0) is 16.8. The number of nitrogens with zero attached hydrogens (tertiary/aromatic N) is 5. The average molecular weight is 321 g/mol. The minimum atomic E-state index is 0.364. The predicted molar refractivity (Wildman–Crippen MR) is 94.4 cm³/mol. The molecule has 0 fully saturated rings. The Labute approximate surface area is 143 Å². The SMILES string of the molecule is C[C@H](Cc1cnccn1)N(C)Cc1nccn1Cc1ccccc1. The monoisotopic (exact) mass is 321 g/mol. The lowest BCUT2D eigenvalue weighted by Gasteiger charge is -2.24. The van der Waals surface area contributed by atoms with E-state index in [1.165, 1.54) is 5.56 Å². The average Bonchev–Trinajstić information content (AvgIpc) is 3.03. The van der Waals surface area contributed by atoms with Crippen LogP contribution in [-0.4, -0.2) is 37.5 Å². The van der Waals surface area contributed by atoms with Gasteiger partial charge in [0.15, 0.2) is 0 Å². The maximum atomic E-state index is 4.54. The number of hydrogen-bond donors (Lipinski definition) is 0. The molecule has 5 heteroatoms. The molecule has 1 aromatic carbocycles. The van der Waals surface area contributed by atoms with Crippen LogP contribution in [0.25, 0.3) is 0 Å². The molecule has 1 atom stereocenters. The van der Waals surface area contributed by atoms with Gasteiger partial charge < -0.3 is 4.57 Å². The summed E-state index contributed by atoms with van der Waals surface area (Å²) in [7, 11) is 2.13. The third-order valence-electron chi connectivity index (χ3n) is 4.26. The fourth-order valence-electron chi connectivity index (χ4n) is 2.69. The predicted octanol–water partition coefficient (Wildman–Crippen LogP) is 2.78. The lowest BCUT2D eigenvalue weighted by molar-refractivity contribution is 0.238. The zero-order valence-corrected chi connectivity index (χ0v) is 14.2. The highest BCUT2D eigenvalue weighted by Crippen LogP contribution is 2.11. The van der Waals surface area contributed by atoms with E-state index in [4.69, 9.17) is 0 Å². The van der Waals surface area contributed by atoms with Crippen molar-refractivity contribution >= 4 is 0 Å². The summed E-state index contributed by atoms with van der Waals surface area (Å²) in [6.45, 7) is 3.86. The molecule has 0 unspecified atom stereocenters. The molecule has 0 N–H and O–H groups in total. The summed E-state index contributed by atoms with van der Waals surface area (Å²) in [4.78, 5) is 15.3. The van der Waals surface area contributed by atoms with Gasteiger partial charge in [-0.05, 0) is 19.5 Å². The van der Waals surface area contributed by atoms with Crippen molar-refractivity contribution in [1.29, 1.82) is 0 Å². The largest absolute Gasteiger partial charge is 0.329 e. The molecular weight excluding hydrogens is 298 g/mol. The highest BCUT2D eigenvalue weighted by molar-refractivity contribution is 5.15. The molecule has 124 valence electrons. The van der Waals surface area contributed by atoms with Crippen molar-refractivity contribution in [2.45, 2.75) is 32.5 Å². The topological polar surface area (TPSA) is 46.8 Å². The first kappa shape index (κ1) is 16.3. The molecule has 5 nitrogen and oxygen atoms in total. The third kappa shape index (κ3) is 4.26. The van der Waals surface area contributed by atoms with Crippen molar-refractivity contribution in [3.8, 4) is 0 Å². The molecule has 0 aliphatic heterocycles. The van der Waals surface area contributed by atoms with Gasteiger partial charge in [0.2, 0.25) is 0 Å². The number of likely N-dealkylation sites (N-methyl/N-ethyl adjacent to an activating group) is 1. The maximum Gasteiger partial charge on any atom is 0.123 e. The first-order valence-electron chi connectivity index (χ1n) is 8.21. The molecule has 0 saturated heterocycles. The fourth-order valence-corrected chi connectivity index (χ4v) is 2.69. The van der Waals surface area contributed by atoms with Crippen molar-refractivity contribution in [2.24, 2.45) is 0 Å². The van der Waals surface area contributed by atoms with Gasteiger partial charge in [0.25, 0.3) is 0 Å². The second kappa shape index (κ2) is 7.84. The van der Waals surface area contributed by atoms with Crippen molar-refractivity contribution in [2.75, 3.05) is 7.05 Å². The first-order chi connectivity index (χ1) is 11.7. The van der Waals surface area contributed by atoms with Crippen LogP contribution in [0.1, 0.15) is 24.0 Å². The van der Waals surface area contributed by atoms with Crippen LogP contribution in [0, 0.1) is 0 Å². The highest BCUT2D eigenvalue weighted by atomic mass is 15.2. The summed E-state index contributed by atoms with van der Waals surface area (Å²) < 4.78 is 2.21. The Bertz CT molecular complexity index is 739. The second-order valence-electron chi connectivity index (χ2n) is 6.12. The molecule has 0 radical (unpaired) electrons. The van der Waals surface area contributed by atoms with Crippen LogP contribution < -0.4 is 0 Å². The fraction of sp³-hybridized carbons (Fsp3) is 0.316. The van der Waals surface area contributed by atoms with Gasteiger partial charge in [-0.3, -0.25) is 14.9 Å². The first-order valence-corrected chi connectivity index (χ1v) is 8.21. The number of rotatable bonds is 7. The summed E-state index contributed by atoms with van der Waals surface area (Å²) in [5.41, 5.74) is 2.30. The standard InChI is InChI=1S/C19H23N5/c1-16(12-18-13-20-8-9-21-18)23(2)15-19-22-10-11-24(19)14-17-6-4-3-5-7-17/h3-11,13,16H,12,14-15H2,1-2H3/t16-/m1/s1. The van der Waals surface area contributed by atoms with E-state index in [9.17, 15) is 0 Å². The van der Waals surface area contributed by atoms with Crippen LogP contribution >= 0.6 is 0 Å². The summed E-state index contributed by atoms with van der Waals surface area (Å²) >= 11 is 0. The van der Waals surface area contributed by atoms with E-state index in [0.717, 1.165) is 31.0 Å². The van der Waals surface area contributed by atoms with E-state index in [2.05, 4.69) is 62.7 Å². The van der Waals surface area contributed by atoms with Crippen LogP contribution in [0.2, 0.25) is 0 Å². The lowest BCUT2D eigenvalue weighted by Crippen LogP contribution is -2.31. The molecule has 2 heterocycles. The van der Waals surface area contributed by atoms with Crippen LogP contribution in [0.3, 0.4) is 0 Å². The lowest BCUT2D eigenvalue weighted by atomic mass is 10.1. The van der Waals surface area contributed by atoms with Gasteiger partial charge in [0.05, 0.1) is 12.2 Å². The molecule has 0 aliphatic carbocycles. The number of imidazole rings is 1. The van der Waals surface area contributed by atoms with Gasteiger partial charge >= 0.3 is 0 Å². The molecule has 2 aromatic heterocycles. The van der Waals surface area contributed by atoms with Crippen molar-refractivity contribution in [3.63, 3.8) is 0 Å². The maximum absolute atomic E-state index is 4.54. The van der Waals surface area contributed by atoms with Gasteiger partial charge in [0.1, 0.15) is 5.82 Å². The Morgan fingerprint density at radius 1 is 1.08 bits per heavy atom. The van der Waals surface area contributed by atoms with Gasteiger partial charge in [-0.25, -0.2) is 4.98 Å². The van der Waals surface area contributed by atoms with Crippen LogP contribution in [-0.2, 0) is 19.5 Å². The van der Waals surface area contributed by atoms with E-state index < -0.39 is 0 Å². The summed E-state index contributed by atoms with van der Waals surface area (Å²) in [5, 5.41) is 0. The Kier molecular flexibility index (Phi) is 5.33. The van der Waals surface area contributed by atoms with E-state index >= 15 is 0 Å². The summed E-state index contributed by atoms with van der Waals surface area (Å²) in [6, 6.07) is 10.8. The highest BCUT2D eigenvalue weighted by Gasteiger charge is 2.14. The van der Waals surface area contributed by atoms with E-state index in [1.54, 1.807) is 12.4 Å². The van der Waals surface area contributed by atoms with Crippen molar-refractivity contribution in [3.05, 3.63) is 78.4 Å². The number of benzene rings is 1. The normalized spacial score (nSPS) is 12.5. The van der Waals surface area contributed by atoms with Crippen LogP contribution in [0.4, 0.5) is 0 Å². The van der Waals surface area contributed by atoms with Gasteiger partial charge in [0, 0.05) is 50.0 Å². The van der Waals surface area contributed by atoms with Crippen molar-refractivity contribution < 1.29 is 0 Å². The third-order valence-corrected chi connectivity index (χ3v) is 4.26. The molecule has 3 rings (SSSR count). The van der Waals surface area contributed by atoms with E-state index in [-0.39, 0.29) is 0 Å². The minimum absolute atomic E-state index is 0.364. The minimum Gasteiger partial charge on any atom is -0.329 e. The summed E-state index contributed by atoms with van der Waals surface area (Å²) in [6.07, 6.45) is 10.1. The number of hydrogen-bond acceptors (Lipinski definition) is 4. The van der Waals surface area contributed by atoms with E-state index in [0.29, 0.717) is 6.04 Å². The van der Waals surface area contributed by atoms with Crippen LogP contribution in [0.15, 0.2) is 61.3 Å². The molecule has 0 amide bonds. The summed E-state index contributed by atoms with van der Waals surface area (Å²) in [5.74, 6) is 1.08. The Hall–Kier alpha value is -2.53. The van der Waals surface area contributed by atoms with Gasteiger partial charge in [-0.2, -0.15) is 0 Å². The molecule has 0 aliphatic rings. The molecule has 0 bridgehead atoms.